The zero-order valence-corrected chi connectivity index (χ0v) is 18.0. The fraction of sp³-hybridized carbons (Fsp3) is 0.217. The summed E-state index contributed by atoms with van der Waals surface area (Å²) >= 11 is 0. The molecule has 0 unspecified atom stereocenters. The molecule has 2 amide bonds. The topological polar surface area (TPSA) is 91.4 Å². The Balaban J connectivity index is 1.40. The Hall–Kier alpha value is -3.23. The Morgan fingerprint density at radius 2 is 1.81 bits per heavy atom. The second-order valence-corrected chi connectivity index (χ2v) is 9.43. The smallest absolute Gasteiger partial charge is 0.319 e. The number of urea groups is 1. The number of carbonyl (C=O) groups excluding carboxylic acids is 1. The molecule has 2 heterocycles. The van der Waals surface area contributed by atoms with Crippen molar-refractivity contribution in [3.8, 4) is 0 Å². The fourth-order valence-electron chi connectivity index (χ4n) is 3.65. The Labute approximate surface area is 182 Å². The van der Waals surface area contributed by atoms with Crippen LogP contribution in [0.4, 0.5) is 10.5 Å². The van der Waals surface area contributed by atoms with Crippen LogP contribution in [-0.2, 0) is 29.5 Å². The first-order valence-corrected chi connectivity index (χ1v) is 11.5. The molecule has 0 radical (unpaired) electrons. The highest BCUT2D eigenvalue weighted by Crippen LogP contribution is 2.27. The molecule has 8 heteroatoms. The maximum atomic E-state index is 13.1. The number of benzene rings is 2. The number of aryl methyl sites for hydroxylation is 1. The van der Waals surface area contributed by atoms with Gasteiger partial charge in [0.15, 0.2) is 0 Å². The van der Waals surface area contributed by atoms with Gasteiger partial charge in [-0.25, -0.2) is 13.2 Å². The van der Waals surface area contributed by atoms with E-state index in [1.165, 1.54) is 22.0 Å². The quantitative estimate of drug-likeness (QED) is 0.641. The number of fused-ring (bicyclic) bond motifs is 1. The van der Waals surface area contributed by atoms with Gasteiger partial charge >= 0.3 is 6.03 Å². The average molecular weight is 437 g/mol. The van der Waals surface area contributed by atoms with Gasteiger partial charge < -0.3 is 10.6 Å². The summed E-state index contributed by atoms with van der Waals surface area (Å²) in [5.74, 6) is 0. The largest absolute Gasteiger partial charge is 0.334 e. The summed E-state index contributed by atoms with van der Waals surface area (Å²) < 4.78 is 27.8. The lowest BCUT2D eigenvalue weighted by atomic mass is 9.97. The first kappa shape index (κ1) is 21.0. The maximum absolute atomic E-state index is 13.1. The molecule has 2 N–H and O–H groups in total. The third kappa shape index (κ3) is 4.76. The normalized spacial score (nSPS) is 14.0. The molecule has 7 nitrogen and oxygen atoms in total. The summed E-state index contributed by atoms with van der Waals surface area (Å²) in [7, 11) is -3.61. The third-order valence-electron chi connectivity index (χ3n) is 5.42. The van der Waals surface area contributed by atoms with Gasteiger partial charge in [-0.3, -0.25) is 4.98 Å². The van der Waals surface area contributed by atoms with Crippen molar-refractivity contribution in [1.82, 2.24) is 14.6 Å². The van der Waals surface area contributed by atoms with E-state index in [0.717, 1.165) is 16.7 Å². The first-order chi connectivity index (χ1) is 14.9. The van der Waals surface area contributed by atoms with E-state index in [1.807, 2.05) is 31.2 Å². The molecule has 2 aromatic carbocycles. The summed E-state index contributed by atoms with van der Waals surface area (Å²) in [5.41, 5.74) is 4.86. The highest BCUT2D eigenvalue weighted by Gasteiger charge is 2.28. The maximum Gasteiger partial charge on any atom is 0.319 e. The lowest BCUT2D eigenvalue weighted by Crippen LogP contribution is -2.36. The molecule has 0 atom stereocenters. The third-order valence-corrected chi connectivity index (χ3v) is 7.28. The molecule has 3 aromatic rings. The highest BCUT2D eigenvalue weighted by atomic mass is 32.2. The summed E-state index contributed by atoms with van der Waals surface area (Å²) in [4.78, 5) is 16.3. The van der Waals surface area contributed by atoms with E-state index in [-0.39, 0.29) is 10.9 Å². The van der Waals surface area contributed by atoms with Gasteiger partial charge in [0, 0.05) is 37.7 Å². The molecule has 31 heavy (non-hydrogen) atoms. The second kappa shape index (κ2) is 8.87. The van der Waals surface area contributed by atoms with Crippen molar-refractivity contribution in [2.75, 3.05) is 11.9 Å². The van der Waals surface area contributed by atoms with Crippen molar-refractivity contribution in [2.24, 2.45) is 0 Å². The van der Waals surface area contributed by atoms with Crippen LogP contribution in [0, 0.1) is 6.92 Å². The number of rotatable bonds is 5. The lowest BCUT2D eigenvalue weighted by molar-refractivity contribution is 0.251. The van der Waals surface area contributed by atoms with Crippen molar-refractivity contribution in [3.63, 3.8) is 0 Å². The Morgan fingerprint density at radius 3 is 2.55 bits per heavy atom. The minimum absolute atomic E-state index is 0.215. The summed E-state index contributed by atoms with van der Waals surface area (Å²) in [5, 5.41) is 5.47. The van der Waals surface area contributed by atoms with E-state index in [9.17, 15) is 13.2 Å². The van der Waals surface area contributed by atoms with Gasteiger partial charge in [-0.1, -0.05) is 18.2 Å². The molecular weight excluding hydrogens is 412 g/mol. The minimum Gasteiger partial charge on any atom is -0.334 e. The van der Waals surface area contributed by atoms with E-state index in [2.05, 4.69) is 21.7 Å². The number of carbonyl (C=O) groups is 1. The van der Waals surface area contributed by atoms with Crippen molar-refractivity contribution in [1.29, 1.82) is 0 Å². The molecule has 0 saturated carbocycles. The van der Waals surface area contributed by atoms with Crippen LogP contribution in [0.2, 0.25) is 0 Å². The molecular formula is C23H24N4O3S. The van der Waals surface area contributed by atoms with Gasteiger partial charge in [0.1, 0.15) is 0 Å². The van der Waals surface area contributed by atoms with Crippen LogP contribution in [-0.4, -0.2) is 30.3 Å². The summed E-state index contributed by atoms with van der Waals surface area (Å²) in [6.45, 7) is 3.21. The van der Waals surface area contributed by atoms with E-state index in [1.54, 1.807) is 24.5 Å². The van der Waals surface area contributed by atoms with Crippen molar-refractivity contribution in [2.45, 2.75) is 31.3 Å². The van der Waals surface area contributed by atoms with Gasteiger partial charge in [0.05, 0.1) is 4.90 Å². The van der Waals surface area contributed by atoms with E-state index in [4.69, 9.17) is 0 Å². The molecule has 0 fully saturated rings. The number of nitrogens with one attached hydrogen (secondary N) is 2. The number of aromatic nitrogens is 1. The van der Waals surface area contributed by atoms with Gasteiger partial charge in [-0.05, 0) is 72.0 Å². The minimum atomic E-state index is -3.61. The van der Waals surface area contributed by atoms with Crippen LogP contribution < -0.4 is 10.6 Å². The van der Waals surface area contributed by atoms with Crippen molar-refractivity contribution >= 4 is 21.7 Å². The van der Waals surface area contributed by atoms with E-state index < -0.39 is 10.0 Å². The number of hydrogen-bond acceptors (Lipinski definition) is 4. The molecule has 1 aliphatic heterocycles. The molecule has 0 spiro atoms. The fourth-order valence-corrected chi connectivity index (χ4v) is 5.06. The number of pyridine rings is 1. The van der Waals surface area contributed by atoms with Crippen LogP contribution in [0.25, 0.3) is 0 Å². The zero-order chi connectivity index (χ0) is 21.8. The monoisotopic (exact) mass is 436 g/mol. The predicted octanol–water partition coefficient (Wildman–Crippen LogP) is 3.46. The Bertz CT molecular complexity index is 1180. The van der Waals surface area contributed by atoms with Gasteiger partial charge in [-0.2, -0.15) is 4.31 Å². The number of nitrogens with zero attached hydrogens (tertiary/aromatic N) is 2. The van der Waals surface area contributed by atoms with E-state index >= 15 is 0 Å². The summed E-state index contributed by atoms with van der Waals surface area (Å²) in [6.07, 6.45) is 4.03. The number of hydrogen-bond donors (Lipinski definition) is 2. The Kier molecular flexibility index (Phi) is 6.01. The van der Waals surface area contributed by atoms with Crippen molar-refractivity contribution < 1.29 is 13.2 Å². The SMILES string of the molecule is Cc1cccc2c1CN(S(=O)(=O)c1ccc(NC(=O)NCc3ccncc3)cc1)CC2. The standard InChI is InChI=1S/C23H24N4O3S/c1-17-3-2-4-19-11-14-27(16-22(17)19)31(29,30)21-7-5-20(6-8-21)26-23(28)25-15-18-9-12-24-13-10-18/h2-10,12-13H,11,14-16H2,1H3,(H2,25,26,28). The van der Waals surface area contributed by atoms with Crippen LogP contribution >= 0.6 is 0 Å². The molecule has 160 valence electrons. The highest BCUT2D eigenvalue weighted by molar-refractivity contribution is 7.89. The van der Waals surface area contributed by atoms with Gasteiger partial charge in [0.2, 0.25) is 10.0 Å². The molecule has 4 rings (SSSR count). The number of anilines is 1. The molecule has 0 bridgehead atoms. The van der Waals surface area contributed by atoms with Crippen LogP contribution in [0.15, 0.2) is 71.9 Å². The zero-order valence-electron chi connectivity index (χ0n) is 17.2. The lowest BCUT2D eigenvalue weighted by Gasteiger charge is -2.29. The van der Waals surface area contributed by atoms with Gasteiger partial charge in [0.25, 0.3) is 0 Å². The Morgan fingerprint density at radius 1 is 1.06 bits per heavy atom. The van der Waals surface area contributed by atoms with E-state index in [0.29, 0.717) is 31.7 Å². The van der Waals surface area contributed by atoms with Crippen LogP contribution in [0.3, 0.4) is 0 Å². The average Bonchev–Trinajstić information content (AvgIpc) is 2.79. The van der Waals surface area contributed by atoms with Crippen LogP contribution in [0.5, 0.6) is 0 Å². The first-order valence-electron chi connectivity index (χ1n) is 10.0. The molecule has 0 aliphatic carbocycles. The molecule has 1 aliphatic rings. The van der Waals surface area contributed by atoms with Crippen LogP contribution in [0.1, 0.15) is 22.3 Å². The number of amides is 2. The number of sulfonamides is 1. The van der Waals surface area contributed by atoms with Crippen molar-refractivity contribution in [3.05, 3.63) is 89.2 Å². The molecule has 0 saturated heterocycles. The molecule has 1 aromatic heterocycles. The second-order valence-electron chi connectivity index (χ2n) is 7.49. The predicted molar refractivity (Wildman–Crippen MR) is 119 cm³/mol. The summed E-state index contributed by atoms with van der Waals surface area (Å²) in [6, 6.07) is 15.6. The van der Waals surface area contributed by atoms with Gasteiger partial charge in [-0.15, -0.1) is 0 Å².